The summed E-state index contributed by atoms with van der Waals surface area (Å²) in [5, 5.41) is 9.50. The summed E-state index contributed by atoms with van der Waals surface area (Å²) in [6.45, 7) is 3.37. The summed E-state index contributed by atoms with van der Waals surface area (Å²) in [4.78, 5) is 35.8. The Labute approximate surface area is 203 Å². The number of benzene rings is 2. The van der Waals surface area contributed by atoms with Crippen LogP contribution in [-0.4, -0.2) is 36.6 Å². The highest BCUT2D eigenvalue weighted by Crippen LogP contribution is 2.29. The normalized spacial score (nSPS) is 11.7. The van der Waals surface area contributed by atoms with Crippen LogP contribution in [0.25, 0.3) is 0 Å². The van der Waals surface area contributed by atoms with Crippen molar-refractivity contribution < 1.29 is 19.1 Å². The molecule has 0 aliphatic carbocycles. The molecule has 0 saturated heterocycles. The fraction of sp³-hybridized carbons (Fsp3) is 0.238. The number of hydrogen-bond donors (Lipinski definition) is 3. The molecule has 0 aromatic heterocycles. The van der Waals surface area contributed by atoms with E-state index in [4.69, 9.17) is 27.9 Å². The minimum Gasteiger partial charge on any atom is -0.483 e. The second-order valence-corrected chi connectivity index (χ2v) is 8.30. The molecule has 2 rings (SSSR count). The van der Waals surface area contributed by atoms with Crippen molar-refractivity contribution in [2.45, 2.75) is 26.3 Å². The zero-order valence-electron chi connectivity index (χ0n) is 17.2. The van der Waals surface area contributed by atoms with Crippen LogP contribution in [0.15, 0.2) is 46.0 Å². The second kappa shape index (κ2) is 12.4. The molecule has 0 saturated carbocycles. The van der Waals surface area contributed by atoms with E-state index in [1.807, 2.05) is 6.92 Å². The molecular formula is C21H21BrCl2N4O4. The molecule has 0 aliphatic rings. The quantitative estimate of drug-likeness (QED) is 0.264. The molecule has 0 radical (unpaired) electrons. The minimum atomic E-state index is -0.892. The molecule has 3 N–H and O–H groups in total. The van der Waals surface area contributed by atoms with E-state index in [2.05, 4.69) is 37.1 Å². The zero-order valence-corrected chi connectivity index (χ0v) is 20.3. The summed E-state index contributed by atoms with van der Waals surface area (Å²) in [6, 6.07) is 9.77. The van der Waals surface area contributed by atoms with Gasteiger partial charge in [0, 0.05) is 16.1 Å². The van der Waals surface area contributed by atoms with E-state index in [-0.39, 0.29) is 17.7 Å². The van der Waals surface area contributed by atoms with Crippen molar-refractivity contribution in [3.8, 4) is 5.75 Å². The smallest absolute Gasteiger partial charge is 0.329 e. The molecule has 8 nitrogen and oxygen atoms in total. The third-order valence-corrected chi connectivity index (χ3v) is 5.43. The lowest BCUT2D eigenvalue weighted by Crippen LogP contribution is -2.41. The van der Waals surface area contributed by atoms with Crippen LogP contribution in [0.4, 0.5) is 5.69 Å². The molecule has 0 spiro atoms. The molecule has 0 fully saturated rings. The monoisotopic (exact) mass is 542 g/mol. The average molecular weight is 544 g/mol. The van der Waals surface area contributed by atoms with E-state index >= 15 is 0 Å². The summed E-state index contributed by atoms with van der Waals surface area (Å²) in [5.74, 6) is -1.78. The van der Waals surface area contributed by atoms with Crippen LogP contribution in [0.2, 0.25) is 10.0 Å². The van der Waals surface area contributed by atoms with Gasteiger partial charge in [0.25, 0.3) is 5.91 Å². The summed E-state index contributed by atoms with van der Waals surface area (Å²) < 4.78 is 6.30. The molecule has 2 aromatic carbocycles. The first-order chi connectivity index (χ1) is 15.2. The van der Waals surface area contributed by atoms with Crippen LogP contribution in [0, 0.1) is 0 Å². The van der Waals surface area contributed by atoms with E-state index in [1.165, 1.54) is 6.21 Å². The SMILES string of the molecule is CC[C@@H](C)NC(=O)C(=O)N/N=C\c1cc(Br)ccc1OCC(=O)Nc1cccc(Cl)c1Cl. The number of nitrogens with one attached hydrogen (secondary N) is 3. The standard InChI is InChI=1S/C21H21BrCl2N4O4/c1-3-12(2)26-20(30)21(31)28-25-10-13-9-14(22)7-8-17(13)32-11-18(29)27-16-6-4-5-15(23)19(16)24/h4-10,12H,3,11H2,1-2H3,(H,26,30)(H,27,29)(H,28,31)/b25-10-/t12-/m1/s1. The number of hydrazone groups is 1. The minimum absolute atomic E-state index is 0.129. The van der Waals surface area contributed by atoms with Crippen molar-refractivity contribution in [1.29, 1.82) is 0 Å². The Morgan fingerprint density at radius 1 is 1.19 bits per heavy atom. The van der Waals surface area contributed by atoms with Gasteiger partial charge in [0.15, 0.2) is 6.61 Å². The molecule has 3 amide bonds. The lowest BCUT2D eigenvalue weighted by atomic mass is 10.2. The van der Waals surface area contributed by atoms with Crippen molar-refractivity contribution >= 4 is 68.8 Å². The Balaban J connectivity index is 1.99. The number of hydrogen-bond acceptors (Lipinski definition) is 5. The van der Waals surface area contributed by atoms with Crippen LogP contribution in [0.3, 0.4) is 0 Å². The van der Waals surface area contributed by atoms with E-state index in [0.29, 0.717) is 28.4 Å². The number of carbonyl (C=O) groups excluding carboxylic acids is 3. The Kier molecular flexibility index (Phi) is 9.96. The van der Waals surface area contributed by atoms with Gasteiger partial charge in [0.2, 0.25) is 0 Å². The first-order valence-corrected chi connectivity index (χ1v) is 11.1. The third-order valence-electron chi connectivity index (χ3n) is 4.12. The predicted octanol–water partition coefficient (Wildman–Crippen LogP) is 4.14. The highest BCUT2D eigenvalue weighted by atomic mass is 79.9. The number of nitrogens with zero attached hydrogens (tertiary/aromatic N) is 1. The van der Waals surface area contributed by atoms with Crippen LogP contribution in [0.1, 0.15) is 25.8 Å². The Morgan fingerprint density at radius 2 is 1.94 bits per heavy atom. The van der Waals surface area contributed by atoms with Crippen LogP contribution >= 0.6 is 39.1 Å². The van der Waals surface area contributed by atoms with Gasteiger partial charge in [-0.05, 0) is 43.7 Å². The van der Waals surface area contributed by atoms with Gasteiger partial charge in [-0.1, -0.05) is 52.1 Å². The molecule has 0 unspecified atom stereocenters. The fourth-order valence-corrected chi connectivity index (χ4v) is 3.01. The van der Waals surface area contributed by atoms with Gasteiger partial charge in [-0.15, -0.1) is 0 Å². The van der Waals surface area contributed by atoms with Gasteiger partial charge < -0.3 is 15.4 Å². The summed E-state index contributed by atoms with van der Waals surface area (Å²) in [5.41, 5.74) is 2.99. The molecule has 32 heavy (non-hydrogen) atoms. The van der Waals surface area contributed by atoms with Crippen molar-refractivity contribution in [1.82, 2.24) is 10.7 Å². The van der Waals surface area contributed by atoms with E-state index < -0.39 is 17.7 Å². The van der Waals surface area contributed by atoms with Gasteiger partial charge in [0.1, 0.15) is 5.75 Å². The van der Waals surface area contributed by atoms with Gasteiger partial charge in [-0.2, -0.15) is 5.10 Å². The number of rotatable bonds is 8. The van der Waals surface area contributed by atoms with Crippen LogP contribution in [0.5, 0.6) is 5.75 Å². The molecule has 11 heteroatoms. The van der Waals surface area contributed by atoms with Crippen LogP contribution in [-0.2, 0) is 14.4 Å². The maximum Gasteiger partial charge on any atom is 0.329 e. The number of ether oxygens (including phenoxy) is 1. The van der Waals surface area contributed by atoms with Gasteiger partial charge >= 0.3 is 11.8 Å². The molecule has 2 aromatic rings. The molecular weight excluding hydrogens is 523 g/mol. The van der Waals surface area contributed by atoms with Gasteiger partial charge in [0.05, 0.1) is 21.9 Å². The van der Waals surface area contributed by atoms with Crippen molar-refractivity contribution in [3.05, 3.63) is 56.5 Å². The molecule has 0 bridgehead atoms. The fourth-order valence-electron chi connectivity index (χ4n) is 2.28. The van der Waals surface area contributed by atoms with Crippen molar-refractivity contribution in [3.63, 3.8) is 0 Å². The van der Waals surface area contributed by atoms with Crippen molar-refractivity contribution in [2.75, 3.05) is 11.9 Å². The number of anilines is 1. The van der Waals surface area contributed by atoms with E-state index in [0.717, 1.165) is 4.47 Å². The zero-order chi connectivity index (χ0) is 23.7. The number of carbonyl (C=O) groups is 3. The molecule has 0 aliphatic heterocycles. The Bertz CT molecular complexity index is 1030. The van der Waals surface area contributed by atoms with E-state index in [9.17, 15) is 14.4 Å². The number of halogens is 3. The summed E-state index contributed by atoms with van der Waals surface area (Å²) in [6.07, 6.45) is 2.00. The summed E-state index contributed by atoms with van der Waals surface area (Å²) in [7, 11) is 0. The lowest BCUT2D eigenvalue weighted by Gasteiger charge is -2.11. The topological polar surface area (TPSA) is 109 Å². The molecule has 170 valence electrons. The first-order valence-electron chi connectivity index (χ1n) is 9.51. The van der Waals surface area contributed by atoms with Gasteiger partial charge in [-0.3, -0.25) is 14.4 Å². The third kappa shape index (κ3) is 7.81. The number of amides is 3. The maximum atomic E-state index is 12.2. The summed E-state index contributed by atoms with van der Waals surface area (Å²) >= 11 is 15.3. The van der Waals surface area contributed by atoms with Crippen LogP contribution < -0.4 is 20.8 Å². The first kappa shape index (κ1) is 25.6. The highest BCUT2D eigenvalue weighted by molar-refractivity contribution is 9.10. The highest BCUT2D eigenvalue weighted by Gasteiger charge is 2.15. The second-order valence-electron chi connectivity index (χ2n) is 6.60. The largest absolute Gasteiger partial charge is 0.483 e. The lowest BCUT2D eigenvalue weighted by molar-refractivity contribution is -0.139. The average Bonchev–Trinajstić information content (AvgIpc) is 2.76. The van der Waals surface area contributed by atoms with E-state index in [1.54, 1.807) is 43.3 Å². The molecule has 0 heterocycles. The molecule has 1 atom stereocenters. The maximum absolute atomic E-state index is 12.2. The van der Waals surface area contributed by atoms with Crippen molar-refractivity contribution in [2.24, 2.45) is 5.10 Å². The Morgan fingerprint density at radius 3 is 2.66 bits per heavy atom. The Hall–Kier alpha value is -2.62. The predicted molar refractivity (Wildman–Crippen MR) is 128 cm³/mol. The van der Waals surface area contributed by atoms with Gasteiger partial charge in [-0.25, -0.2) is 5.43 Å².